The van der Waals surface area contributed by atoms with Gasteiger partial charge in [0.15, 0.2) is 5.03 Å². The van der Waals surface area contributed by atoms with Crippen LogP contribution in [0.3, 0.4) is 0 Å². The van der Waals surface area contributed by atoms with Crippen LogP contribution in [0.4, 0.5) is 0 Å². The van der Waals surface area contributed by atoms with Crippen LogP contribution in [0.2, 0.25) is 0 Å². The van der Waals surface area contributed by atoms with Crippen molar-refractivity contribution in [3.63, 3.8) is 0 Å². The van der Waals surface area contributed by atoms with Crippen LogP contribution < -0.4 is 5.32 Å². The highest BCUT2D eigenvalue weighted by atomic mass is 32.2. The standard InChI is InChI=1S/C12H22N4O2S/c1-3-10-5-4-6-16(9-10)19(17,18)12-11(7-13-2)8-14-15-12/h8,10,13H,3-7,9H2,1-2H3,(H,14,15). The van der Waals surface area contributed by atoms with E-state index in [1.54, 1.807) is 17.5 Å². The summed E-state index contributed by atoms with van der Waals surface area (Å²) in [6, 6.07) is 0. The summed E-state index contributed by atoms with van der Waals surface area (Å²) in [5.41, 5.74) is 0.695. The molecule has 0 spiro atoms. The second-order valence-corrected chi connectivity index (χ2v) is 6.91. The van der Waals surface area contributed by atoms with Crippen molar-refractivity contribution in [3.8, 4) is 0 Å². The first kappa shape index (κ1) is 14.5. The van der Waals surface area contributed by atoms with Gasteiger partial charge in [0.2, 0.25) is 0 Å². The Labute approximate surface area is 114 Å². The van der Waals surface area contributed by atoms with Gasteiger partial charge in [0.1, 0.15) is 0 Å². The third kappa shape index (κ3) is 2.98. The van der Waals surface area contributed by atoms with E-state index in [0.717, 1.165) is 19.3 Å². The summed E-state index contributed by atoms with van der Waals surface area (Å²) in [5.74, 6) is 0.471. The quantitative estimate of drug-likeness (QED) is 0.844. The molecule has 6 nitrogen and oxygen atoms in total. The maximum atomic E-state index is 12.6. The van der Waals surface area contributed by atoms with Crippen LogP contribution >= 0.6 is 0 Å². The average molecular weight is 286 g/mol. The summed E-state index contributed by atoms with van der Waals surface area (Å²) in [6.45, 7) is 3.84. The maximum absolute atomic E-state index is 12.6. The molecule has 2 heterocycles. The van der Waals surface area contributed by atoms with Crippen LogP contribution in [-0.2, 0) is 16.6 Å². The molecule has 0 saturated carbocycles. The summed E-state index contributed by atoms with van der Waals surface area (Å²) < 4.78 is 26.9. The number of H-pyrrole nitrogens is 1. The van der Waals surface area contributed by atoms with Gasteiger partial charge in [0.25, 0.3) is 10.0 Å². The average Bonchev–Trinajstić information content (AvgIpc) is 2.88. The summed E-state index contributed by atoms with van der Waals surface area (Å²) in [6.07, 6.45) is 4.66. The molecule has 1 aliphatic heterocycles. The normalized spacial score (nSPS) is 21.7. The molecule has 1 aromatic heterocycles. The Hall–Kier alpha value is -0.920. The lowest BCUT2D eigenvalue weighted by atomic mass is 9.97. The van der Waals surface area contributed by atoms with Gasteiger partial charge in [-0.1, -0.05) is 13.3 Å². The summed E-state index contributed by atoms with van der Waals surface area (Å²) in [5, 5.41) is 9.71. The number of nitrogens with one attached hydrogen (secondary N) is 2. The molecule has 2 N–H and O–H groups in total. The third-order valence-corrected chi connectivity index (χ3v) is 5.58. The molecule has 0 radical (unpaired) electrons. The first-order valence-electron chi connectivity index (χ1n) is 6.76. The van der Waals surface area contributed by atoms with Crippen LogP contribution in [0, 0.1) is 5.92 Å². The van der Waals surface area contributed by atoms with Gasteiger partial charge in [-0.05, 0) is 25.8 Å². The lowest BCUT2D eigenvalue weighted by molar-refractivity contribution is 0.261. The molecule has 1 unspecified atom stereocenters. The largest absolute Gasteiger partial charge is 0.316 e. The monoisotopic (exact) mass is 286 g/mol. The smallest absolute Gasteiger partial charge is 0.260 e. The number of aromatic amines is 1. The van der Waals surface area contributed by atoms with E-state index in [9.17, 15) is 8.42 Å². The zero-order valence-electron chi connectivity index (χ0n) is 11.5. The summed E-state index contributed by atoms with van der Waals surface area (Å²) in [7, 11) is -1.65. The zero-order valence-corrected chi connectivity index (χ0v) is 12.3. The molecule has 0 aliphatic carbocycles. The van der Waals surface area contributed by atoms with Crippen molar-refractivity contribution in [2.45, 2.75) is 37.8 Å². The van der Waals surface area contributed by atoms with Gasteiger partial charge in [-0.3, -0.25) is 5.10 Å². The number of nitrogens with zero attached hydrogens (tertiary/aromatic N) is 2. The number of sulfonamides is 1. The van der Waals surface area contributed by atoms with Crippen LogP contribution in [0.25, 0.3) is 0 Å². The SMILES string of the molecule is CCC1CCCN(S(=O)(=O)c2[nH]ncc2CNC)C1. The third-order valence-electron chi connectivity index (χ3n) is 3.70. The zero-order chi connectivity index (χ0) is 13.9. The Bertz CT molecular complexity index is 512. The molecule has 1 atom stereocenters. The van der Waals surface area contributed by atoms with Crippen molar-refractivity contribution in [3.05, 3.63) is 11.8 Å². The van der Waals surface area contributed by atoms with Crippen molar-refractivity contribution in [2.24, 2.45) is 5.92 Å². The van der Waals surface area contributed by atoms with E-state index in [-0.39, 0.29) is 5.03 Å². The van der Waals surface area contributed by atoms with E-state index in [1.165, 1.54) is 0 Å². The van der Waals surface area contributed by atoms with Crippen molar-refractivity contribution in [1.82, 2.24) is 19.8 Å². The van der Waals surface area contributed by atoms with Crippen LogP contribution in [0.5, 0.6) is 0 Å². The summed E-state index contributed by atoms with van der Waals surface area (Å²) in [4.78, 5) is 0. The predicted octanol–water partition coefficient (Wildman–Crippen LogP) is 0.940. The van der Waals surface area contributed by atoms with E-state index >= 15 is 0 Å². The van der Waals surface area contributed by atoms with Crippen molar-refractivity contribution < 1.29 is 8.42 Å². The number of rotatable bonds is 5. The molecule has 0 aromatic carbocycles. The fourth-order valence-corrected chi connectivity index (χ4v) is 4.21. The second-order valence-electron chi connectivity index (χ2n) is 5.03. The Balaban J connectivity index is 2.23. The van der Waals surface area contributed by atoms with Crippen LogP contribution in [0.15, 0.2) is 11.2 Å². The highest BCUT2D eigenvalue weighted by Crippen LogP contribution is 2.25. The first-order valence-corrected chi connectivity index (χ1v) is 8.20. The number of hydrogen-bond donors (Lipinski definition) is 2. The first-order chi connectivity index (χ1) is 9.09. The number of hydrogen-bond acceptors (Lipinski definition) is 4. The van der Waals surface area contributed by atoms with Gasteiger partial charge in [-0.2, -0.15) is 9.40 Å². The van der Waals surface area contributed by atoms with E-state index in [4.69, 9.17) is 0 Å². The Morgan fingerprint density at radius 1 is 1.58 bits per heavy atom. The molecule has 108 valence electrons. The minimum Gasteiger partial charge on any atom is -0.316 e. The fourth-order valence-electron chi connectivity index (χ4n) is 2.55. The minimum atomic E-state index is -3.44. The predicted molar refractivity (Wildman–Crippen MR) is 73.1 cm³/mol. The molecule has 7 heteroatoms. The van der Waals surface area contributed by atoms with E-state index < -0.39 is 10.0 Å². The molecule has 0 bridgehead atoms. The van der Waals surface area contributed by atoms with Gasteiger partial charge in [0, 0.05) is 25.2 Å². The van der Waals surface area contributed by atoms with E-state index in [2.05, 4.69) is 22.4 Å². The fraction of sp³-hybridized carbons (Fsp3) is 0.750. The van der Waals surface area contributed by atoms with E-state index in [1.807, 2.05) is 0 Å². The topological polar surface area (TPSA) is 78.1 Å². The molecular weight excluding hydrogens is 264 g/mol. The highest BCUT2D eigenvalue weighted by molar-refractivity contribution is 7.89. The highest BCUT2D eigenvalue weighted by Gasteiger charge is 2.32. The van der Waals surface area contributed by atoms with Crippen LogP contribution in [0.1, 0.15) is 31.7 Å². The van der Waals surface area contributed by atoms with Gasteiger partial charge < -0.3 is 5.32 Å². The number of aromatic nitrogens is 2. The molecule has 19 heavy (non-hydrogen) atoms. The molecular formula is C12H22N4O2S. The van der Waals surface area contributed by atoms with Gasteiger partial charge >= 0.3 is 0 Å². The van der Waals surface area contributed by atoms with E-state index in [0.29, 0.717) is 31.1 Å². The van der Waals surface area contributed by atoms with Gasteiger partial charge in [-0.25, -0.2) is 8.42 Å². The lowest BCUT2D eigenvalue weighted by Gasteiger charge is -2.31. The Morgan fingerprint density at radius 3 is 3.05 bits per heavy atom. The molecule has 1 fully saturated rings. The molecule has 2 rings (SSSR count). The Kier molecular flexibility index (Phi) is 4.59. The molecule has 1 aromatic rings. The number of piperidine rings is 1. The minimum absolute atomic E-state index is 0.235. The van der Waals surface area contributed by atoms with Crippen molar-refractivity contribution in [1.29, 1.82) is 0 Å². The van der Waals surface area contributed by atoms with Crippen molar-refractivity contribution >= 4 is 10.0 Å². The molecule has 1 saturated heterocycles. The molecule has 1 aliphatic rings. The maximum Gasteiger partial charge on any atom is 0.260 e. The van der Waals surface area contributed by atoms with Crippen LogP contribution in [-0.4, -0.2) is 43.1 Å². The molecule has 0 amide bonds. The Morgan fingerprint density at radius 2 is 2.37 bits per heavy atom. The van der Waals surface area contributed by atoms with Gasteiger partial charge in [0.05, 0.1) is 6.20 Å². The van der Waals surface area contributed by atoms with Gasteiger partial charge in [-0.15, -0.1) is 0 Å². The summed E-state index contributed by atoms with van der Waals surface area (Å²) >= 11 is 0. The van der Waals surface area contributed by atoms with Crippen molar-refractivity contribution in [2.75, 3.05) is 20.1 Å². The lowest BCUT2D eigenvalue weighted by Crippen LogP contribution is -2.40. The second kappa shape index (κ2) is 6.02.